The van der Waals surface area contributed by atoms with Gasteiger partial charge in [-0.3, -0.25) is 0 Å². The standard InChI is InChI=1S/C15H13F3O2/c1-10-8-11(6-7-13(10)19)9-20-14-5-3-2-4-12(14)15(16,17)18/h2-8,19H,9H2,1H3. The van der Waals surface area contributed by atoms with Crippen LogP contribution in [0.2, 0.25) is 0 Å². The molecule has 0 bridgehead atoms. The summed E-state index contributed by atoms with van der Waals surface area (Å²) in [7, 11) is 0. The van der Waals surface area contributed by atoms with Gasteiger partial charge in [0.1, 0.15) is 18.1 Å². The van der Waals surface area contributed by atoms with E-state index in [9.17, 15) is 18.3 Å². The highest BCUT2D eigenvalue weighted by atomic mass is 19.4. The molecular formula is C15H13F3O2. The molecule has 0 aliphatic carbocycles. The van der Waals surface area contributed by atoms with Crippen LogP contribution in [0.25, 0.3) is 0 Å². The predicted octanol–water partition coefficient (Wildman–Crippen LogP) is 4.30. The number of phenolic OH excluding ortho intramolecular Hbond substituents is 1. The summed E-state index contributed by atoms with van der Waals surface area (Å²) in [5, 5.41) is 9.39. The smallest absolute Gasteiger partial charge is 0.419 e. The minimum atomic E-state index is -4.44. The molecule has 2 rings (SSSR count). The van der Waals surface area contributed by atoms with Crippen molar-refractivity contribution in [2.24, 2.45) is 0 Å². The summed E-state index contributed by atoms with van der Waals surface area (Å²) >= 11 is 0. The normalized spacial score (nSPS) is 11.4. The van der Waals surface area contributed by atoms with E-state index < -0.39 is 11.7 Å². The third-order valence-corrected chi connectivity index (χ3v) is 2.85. The molecule has 0 atom stereocenters. The fourth-order valence-corrected chi connectivity index (χ4v) is 1.80. The van der Waals surface area contributed by atoms with Crippen molar-refractivity contribution in [3.8, 4) is 11.5 Å². The maximum atomic E-state index is 12.8. The molecule has 106 valence electrons. The molecule has 2 aromatic carbocycles. The molecule has 0 saturated heterocycles. The zero-order valence-electron chi connectivity index (χ0n) is 10.7. The van der Waals surface area contributed by atoms with E-state index in [1.54, 1.807) is 19.1 Å². The summed E-state index contributed by atoms with van der Waals surface area (Å²) in [5.41, 5.74) is 0.544. The van der Waals surface area contributed by atoms with E-state index >= 15 is 0 Å². The summed E-state index contributed by atoms with van der Waals surface area (Å²) in [6.07, 6.45) is -4.44. The van der Waals surface area contributed by atoms with Crippen molar-refractivity contribution in [1.29, 1.82) is 0 Å². The van der Waals surface area contributed by atoms with Crippen LogP contribution in [-0.2, 0) is 12.8 Å². The third kappa shape index (κ3) is 3.23. The Balaban J connectivity index is 2.17. The molecule has 0 amide bonds. The van der Waals surface area contributed by atoms with Crippen molar-refractivity contribution in [2.45, 2.75) is 19.7 Å². The molecule has 2 aromatic rings. The van der Waals surface area contributed by atoms with E-state index in [0.29, 0.717) is 11.1 Å². The van der Waals surface area contributed by atoms with Crippen LogP contribution in [0, 0.1) is 6.92 Å². The van der Waals surface area contributed by atoms with E-state index in [0.717, 1.165) is 6.07 Å². The van der Waals surface area contributed by atoms with Gasteiger partial charge in [0.25, 0.3) is 0 Å². The lowest BCUT2D eigenvalue weighted by molar-refractivity contribution is -0.139. The second-order valence-electron chi connectivity index (χ2n) is 4.40. The number of halogens is 3. The molecule has 0 heterocycles. The van der Waals surface area contributed by atoms with Crippen molar-refractivity contribution < 1.29 is 23.0 Å². The summed E-state index contributed by atoms with van der Waals surface area (Å²) < 4.78 is 43.6. The highest BCUT2D eigenvalue weighted by Gasteiger charge is 2.33. The Morgan fingerprint density at radius 1 is 1.10 bits per heavy atom. The molecule has 0 unspecified atom stereocenters. The lowest BCUT2D eigenvalue weighted by Gasteiger charge is -2.14. The van der Waals surface area contributed by atoms with Gasteiger partial charge in [-0.05, 0) is 42.3 Å². The number of phenols is 1. The minimum absolute atomic E-state index is 0.00815. The van der Waals surface area contributed by atoms with E-state index in [1.807, 2.05) is 0 Å². The molecule has 0 spiro atoms. The quantitative estimate of drug-likeness (QED) is 0.909. The number of hydrogen-bond acceptors (Lipinski definition) is 2. The molecule has 1 N–H and O–H groups in total. The average Bonchev–Trinajstić information content (AvgIpc) is 2.39. The fourth-order valence-electron chi connectivity index (χ4n) is 1.80. The summed E-state index contributed by atoms with van der Waals surface area (Å²) in [6.45, 7) is 1.72. The second kappa shape index (κ2) is 5.45. The molecule has 2 nitrogen and oxygen atoms in total. The Labute approximate surface area is 114 Å². The highest BCUT2D eigenvalue weighted by Crippen LogP contribution is 2.36. The number of para-hydroxylation sites is 1. The zero-order valence-corrected chi connectivity index (χ0v) is 10.7. The Hall–Kier alpha value is -2.17. The van der Waals surface area contributed by atoms with Gasteiger partial charge in [0.05, 0.1) is 5.56 Å². The topological polar surface area (TPSA) is 29.5 Å². The number of rotatable bonds is 3. The summed E-state index contributed by atoms with van der Waals surface area (Å²) in [6, 6.07) is 9.86. The third-order valence-electron chi connectivity index (χ3n) is 2.85. The number of aryl methyl sites for hydroxylation is 1. The molecular weight excluding hydrogens is 269 g/mol. The van der Waals surface area contributed by atoms with Gasteiger partial charge in [-0.25, -0.2) is 0 Å². The van der Waals surface area contributed by atoms with Crippen LogP contribution in [0.4, 0.5) is 13.2 Å². The van der Waals surface area contributed by atoms with Crippen LogP contribution in [0.5, 0.6) is 11.5 Å². The van der Waals surface area contributed by atoms with Gasteiger partial charge in [0.2, 0.25) is 0 Å². The van der Waals surface area contributed by atoms with Gasteiger partial charge in [-0.2, -0.15) is 13.2 Å². The van der Waals surface area contributed by atoms with Crippen molar-refractivity contribution in [1.82, 2.24) is 0 Å². The number of ether oxygens (including phenoxy) is 1. The van der Waals surface area contributed by atoms with Gasteiger partial charge in [0, 0.05) is 0 Å². The number of aromatic hydroxyl groups is 1. The maximum absolute atomic E-state index is 12.8. The van der Waals surface area contributed by atoms with Crippen LogP contribution in [0.3, 0.4) is 0 Å². The predicted molar refractivity (Wildman–Crippen MR) is 68.6 cm³/mol. The molecule has 5 heteroatoms. The second-order valence-corrected chi connectivity index (χ2v) is 4.40. The SMILES string of the molecule is Cc1cc(COc2ccccc2C(F)(F)F)ccc1O. The Bertz CT molecular complexity index is 606. The molecule has 20 heavy (non-hydrogen) atoms. The van der Waals surface area contributed by atoms with E-state index in [2.05, 4.69) is 0 Å². The Morgan fingerprint density at radius 2 is 1.80 bits per heavy atom. The maximum Gasteiger partial charge on any atom is 0.419 e. The monoisotopic (exact) mass is 282 g/mol. The molecule has 0 fully saturated rings. The molecule has 0 radical (unpaired) electrons. The van der Waals surface area contributed by atoms with E-state index in [1.165, 1.54) is 24.3 Å². The highest BCUT2D eigenvalue weighted by molar-refractivity contribution is 5.37. The van der Waals surface area contributed by atoms with E-state index in [4.69, 9.17) is 4.74 Å². The van der Waals surface area contributed by atoms with Gasteiger partial charge < -0.3 is 9.84 Å². The summed E-state index contributed by atoms with van der Waals surface area (Å²) in [4.78, 5) is 0. The number of hydrogen-bond donors (Lipinski definition) is 1. The fraction of sp³-hybridized carbons (Fsp3) is 0.200. The van der Waals surface area contributed by atoms with Gasteiger partial charge in [0.15, 0.2) is 0 Å². The van der Waals surface area contributed by atoms with Gasteiger partial charge >= 0.3 is 6.18 Å². The van der Waals surface area contributed by atoms with Crippen LogP contribution < -0.4 is 4.74 Å². The van der Waals surface area contributed by atoms with Crippen LogP contribution >= 0.6 is 0 Å². The zero-order chi connectivity index (χ0) is 14.8. The first-order chi connectivity index (χ1) is 9.38. The first-order valence-corrected chi connectivity index (χ1v) is 5.95. The van der Waals surface area contributed by atoms with Crippen LogP contribution in [-0.4, -0.2) is 5.11 Å². The molecule has 0 aromatic heterocycles. The lowest BCUT2D eigenvalue weighted by atomic mass is 10.1. The Morgan fingerprint density at radius 3 is 2.45 bits per heavy atom. The van der Waals surface area contributed by atoms with Crippen molar-refractivity contribution >= 4 is 0 Å². The van der Waals surface area contributed by atoms with E-state index in [-0.39, 0.29) is 18.1 Å². The minimum Gasteiger partial charge on any atom is -0.508 e. The number of alkyl halides is 3. The van der Waals surface area contributed by atoms with Crippen molar-refractivity contribution in [3.63, 3.8) is 0 Å². The largest absolute Gasteiger partial charge is 0.508 e. The van der Waals surface area contributed by atoms with Gasteiger partial charge in [-0.1, -0.05) is 18.2 Å². The van der Waals surface area contributed by atoms with Gasteiger partial charge in [-0.15, -0.1) is 0 Å². The molecule has 0 aliphatic heterocycles. The lowest BCUT2D eigenvalue weighted by Crippen LogP contribution is -2.08. The molecule has 0 saturated carbocycles. The summed E-state index contributed by atoms with van der Waals surface area (Å²) in [5.74, 6) is -0.0600. The van der Waals surface area contributed by atoms with Crippen LogP contribution in [0.15, 0.2) is 42.5 Å². The van der Waals surface area contributed by atoms with Crippen LogP contribution in [0.1, 0.15) is 16.7 Å². The van der Waals surface area contributed by atoms with Crippen molar-refractivity contribution in [2.75, 3.05) is 0 Å². The number of benzene rings is 2. The average molecular weight is 282 g/mol. The first kappa shape index (κ1) is 14.2. The Kier molecular flexibility index (Phi) is 3.88. The first-order valence-electron chi connectivity index (χ1n) is 5.95. The van der Waals surface area contributed by atoms with Crippen molar-refractivity contribution in [3.05, 3.63) is 59.2 Å². The molecule has 0 aliphatic rings.